The van der Waals surface area contributed by atoms with E-state index in [0.29, 0.717) is 5.88 Å². The summed E-state index contributed by atoms with van der Waals surface area (Å²) in [5.74, 6) is 0.472. The van der Waals surface area contributed by atoms with Crippen molar-refractivity contribution in [1.29, 1.82) is 0 Å². The van der Waals surface area contributed by atoms with Crippen LogP contribution < -0.4 is 0 Å². The molecule has 0 amide bonds. The minimum Gasteiger partial charge on any atom is -0.391 e. The molecular formula is C8H10ClN3O. The van der Waals surface area contributed by atoms with Crippen LogP contribution in [-0.2, 0) is 11.9 Å². The van der Waals surface area contributed by atoms with Gasteiger partial charge in [-0.15, -0.1) is 11.6 Å². The molecule has 5 heteroatoms. The first-order valence-electron chi connectivity index (χ1n) is 4.06. The third-order valence-corrected chi connectivity index (χ3v) is 2.25. The SMILES string of the molecule is Cn1cnc(C2=NOC(CCl)C2)c1. The smallest absolute Gasteiger partial charge is 0.146 e. The van der Waals surface area contributed by atoms with Crippen LogP contribution in [0.1, 0.15) is 12.1 Å². The molecule has 0 radical (unpaired) electrons. The zero-order valence-electron chi connectivity index (χ0n) is 7.27. The van der Waals surface area contributed by atoms with Crippen molar-refractivity contribution in [3.8, 4) is 0 Å². The largest absolute Gasteiger partial charge is 0.391 e. The number of oxime groups is 1. The third kappa shape index (κ3) is 1.67. The Labute approximate surface area is 81.2 Å². The van der Waals surface area contributed by atoms with Gasteiger partial charge in [-0.3, -0.25) is 0 Å². The molecule has 1 unspecified atom stereocenters. The second-order valence-electron chi connectivity index (χ2n) is 3.05. The lowest BCUT2D eigenvalue weighted by Crippen LogP contribution is -2.09. The van der Waals surface area contributed by atoms with Crippen molar-refractivity contribution in [2.45, 2.75) is 12.5 Å². The van der Waals surface area contributed by atoms with Gasteiger partial charge in [0.15, 0.2) is 0 Å². The van der Waals surface area contributed by atoms with Gasteiger partial charge in [-0.25, -0.2) is 4.98 Å². The Kier molecular flexibility index (Phi) is 2.22. The third-order valence-electron chi connectivity index (χ3n) is 1.91. The van der Waals surface area contributed by atoms with Gasteiger partial charge in [0.25, 0.3) is 0 Å². The maximum atomic E-state index is 5.64. The van der Waals surface area contributed by atoms with Gasteiger partial charge < -0.3 is 9.40 Å². The molecule has 0 saturated heterocycles. The standard InChI is InChI=1S/C8H10ClN3O/c1-12-4-8(10-5-12)7-2-6(3-9)13-11-7/h4-6H,2-3H2,1H3. The van der Waals surface area contributed by atoms with Crippen molar-refractivity contribution in [1.82, 2.24) is 9.55 Å². The van der Waals surface area contributed by atoms with Crippen molar-refractivity contribution < 1.29 is 4.84 Å². The molecule has 1 aromatic rings. The van der Waals surface area contributed by atoms with Crippen molar-refractivity contribution >= 4 is 17.3 Å². The quantitative estimate of drug-likeness (QED) is 0.671. The Morgan fingerprint density at radius 1 is 1.77 bits per heavy atom. The van der Waals surface area contributed by atoms with Gasteiger partial charge in [0, 0.05) is 19.7 Å². The number of aryl methyl sites for hydroxylation is 1. The number of imidazole rings is 1. The van der Waals surface area contributed by atoms with E-state index < -0.39 is 0 Å². The Morgan fingerprint density at radius 2 is 2.62 bits per heavy atom. The number of rotatable bonds is 2. The van der Waals surface area contributed by atoms with Crippen molar-refractivity contribution in [3.05, 3.63) is 18.2 Å². The number of aromatic nitrogens is 2. The first kappa shape index (κ1) is 8.56. The lowest BCUT2D eigenvalue weighted by atomic mass is 10.1. The van der Waals surface area contributed by atoms with Crippen LogP contribution in [0.4, 0.5) is 0 Å². The molecule has 0 saturated carbocycles. The summed E-state index contributed by atoms with van der Waals surface area (Å²) in [5, 5.41) is 3.93. The predicted molar refractivity (Wildman–Crippen MR) is 50.0 cm³/mol. The van der Waals surface area contributed by atoms with E-state index in [-0.39, 0.29) is 6.10 Å². The highest BCUT2D eigenvalue weighted by molar-refractivity contribution is 6.18. The van der Waals surface area contributed by atoms with Crippen molar-refractivity contribution in [3.63, 3.8) is 0 Å². The number of alkyl halides is 1. The van der Waals surface area contributed by atoms with Crippen LogP contribution in [0.5, 0.6) is 0 Å². The molecule has 1 aliphatic rings. The number of halogens is 1. The minimum absolute atomic E-state index is 0.0127. The van der Waals surface area contributed by atoms with Crippen LogP contribution >= 0.6 is 11.6 Å². The molecule has 70 valence electrons. The molecule has 0 spiro atoms. The maximum Gasteiger partial charge on any atom is 0.146 e. The molecule has 0 N–H and O–H groups in total. The van der Waals surface area contributed by atoms with Crippen molar-refractivity contribution in [2.24, 2.45) is 12.2 Å². The monoisotopic (exact) mass is 199 g/mol. The lowest BCUT2D eigenvalue weighted by molar-refractivity contribution is 0.102. The fourth-order valence-corrected chi connectivity index (χ4v) is 1.39. The van der Waals surface area contributed by atoms with Crippen LogP contribution in [0.25, 0.3) is 0 Å². The summed E-state index contributed by atoms with van der Waals surface area (Å²) in [6, 6.07) is 0. The van der Waals surface area contributed by atoms with E-state index in [1.54, 1.807) is 6.33 Å². The second kappa shape index (κ2) is 3.38. The van der Waals surface area contributed by atoms with E-state index in [9.17, 15) is 0 Å². The average Bonchev–Trinajstić information content (AvgIpc) is 2.71. The fourth-order valence-electron chi connectivity index (χ4n) is 1.22. The molecule has 4 nitrogen and oxygen atoms in total. The minimum atomic E-state index is 0.0127. The van der Waals surface area contributed by atoms with Gasteiger partial charge in [-0.1, -0.05) is 5.16 Å². The van der Waals surface area contributed by atoms with E-state index in [1.165, 1.54) is 0 Å². The summed E-state index contributed by atoms with van der Waals surface area (Å²) in [7, 11) is 1.92. The van der Waals surface area contributed by atoms with E-state index in [4.69, 9.17) is 16.4 Å². The molecule has 0 aromatic carbocycles. The highest BCUT2D eigenvalue weighted by Gasteiger charge is 2.22. The van der Waals surface area contributed by atoms with Gasteiger partial charge >= 0.3 is 0 Å². The Balaban J connectivity index is 2.12. The fraction of sp³-hybridized carbons (Fsp3) is 0.500. The molecule has 1 aliphatic heterocycles. The Hall–Kier alpha value is -1.03. The topological polar surface area (TPSA) is 39.4 Å². The van der Waals surface area contributed by atoms with Crippen LogP contribution in [0.2, 0.25) is 0 Å². The first-order chi connectivity index (χ1) is 6.29. The Bertz CT molecular complexity index is 334. The molecule has 2 rings (SSSR count). The predicted octanol–water partition coefficient (Wildman–Crippen LogP) is 1.15. The molecule has 1 aromatic heterocycles. The van der Waals surface area contributed by atoms with E-state index in [1.807, 2.05) is 17.8 Å². The van der Waals surface area contributed by atoms with Gasteiger partial charge in [0.05, 0.1) is 12.2 Å². The highest BCUT2D eigenvalue weighted by atomic mass is 35.5. The summed E-state index contributed by atoms with van der Waals surface area (Å²) < 4.78 is 1.88. The molecule has 0 aliphatic carbocycles. The van der Waals surface area contributed by atoms with Crippen LogP contribution in [0.3, 0.4) is 0 Å². The molecule has 1 atom stereocenters. The molecule has 0 fully saturated rings. The summed E-state index contributed by atoms with van der Waals surface area (Å²) in [6.45, 7) is 0. The summed E-state index contributed by atoms with van der Waals surface area (Å²) in [4.78, 5) is 9.26. The van der Waals surface area contributed by atoms with Crippen LogP contribution in [0.15, 0.2) is 17.7 Å². The number of hydrogen-bond donors (Lipinski definition) is 0. The van der Waals surface area contributed by atoms with Gasteiger partial charge in [-0.2, -0.15) is 0 Å². The van der Waals surface area contributed by atoms with Gasteiger partial charge in [0.2, 0.25) is 0 Å². The number of nitrogens with zero attached hydrogens (tertiary/aromatic N) is 3. The summed E-state index contributed by atoms with van der Waals surface area (Å²) in [5.41, 5.74) is 1.75. The van der Waals surface area contributed by atoms with E-state index in [2.05, 4.69) is 10.1 Å². The number of hydrogen-bond acceptors (Lipinski definition) is 3. The van der Waals surface area contributed by atoms with E-state index >= 15 is 0 Å². The second-order valence-corrected chi connectivity index (χ2v) is 3.36. The normalized spacial score (nSPS) is 21.4. The zero-order chi connectivity index (χ0) is 9.26. The highest BCUT2D eigenvalue weighted by Crippen LogP contribution is 2.15. The lowest BCUT2D eigenvalue weighted by Gasteiger charge is -1.99. The van der Waals surface area contributed by atoms with Gasteiger partial charge in [-0.05, 0) is 0 Å². The average molecular weight is 200 g/mol. The molecule has 0 bridgehead atoms. The van der Waals surface area contributed by atoms with Crippen molar-refractivity contribution in [2.75, 3.05) is 5.88 Å². The van der Waals surface area contributed by atoms with Crippen LogP contribution in [0, 0.1) is 0 Å². The summed E-state index contributed by atoms with van der Waals surface area (Å²) >= 11 is 5.64. The van der Waals surface area contributed by atoms with E-state index in [0.717, 1.165) is 17.8 Å². The summed E-state index contributed by atoms with van der Waals surface area (Å²) in [6.07, 6.45) is 4.42. The molecular weight excluding hydrogens is 190 g/mol. The first-order valence-corrected chi connectivity index (χ1v) is 4.60. The zero-order valence-corrected chi connectivity index (χ0v) is 8.03. The van der Waals surface area contributed by atoms with Crippen LogP contribution in [-0.4, -0.2) is 27.2 Å². The maximum absolute atomic E-state index is 5.64. The van der Waals surface area contributed by atoms with Gasteiger partial charge in [0.1, 0.15) is 17.5 Å². The Morgan fingerprint density at radius 3 is 3.15 bits per heavy atom. The molecule has 13 heavy (non-hydrogen) atoms. The molecule has 2 heterocycles.